The highest BCUT2D eigenvalue weighted by atomic mass is 14.1. The lowest BCUT2D eigenvalue weighted by atomic mass is 9.93. The fraction of sp³-hybridized carbons (Fsp3) is 0.550. The lowest BCUT2D eigenvalue weighted by Gasteiger charge is -2.11. The maximum Gasteiger partial charge on any atom is -0.00989 e. The van der Waals surface area contributed by atoms with Crippen molar-refractivity contribution in [3.8, 4) is 0 Å². The minimum Gasteiger partial charge on any atom is -0.0654 e. The standard InChI is InChI=1S/C40H56/c1-3-5-7-9-11-13-15-17-19-21-33-23-25-35-27-30-38-37(39(35)31-33)29-28-36-26-24-34(32-40(36)38)22-20-18-16-14-12-10-8-6-4-2/h23-32H,3-22H2,1-2H3. The van der Waals surface area contributed by atoms with Crippen molar-refractivity contribution in [2.75, 3.05) is 0 Å². The van der Waals surface area contributed by atoms with E-state index in [1.165, 1.54) is 172 Å². The van der Waals surface area contributed by atoms with Gasteiger partial charge in [-0.2, -0.15) is 0 Å². The third kappa shape index (κ3) is 9.36. The molecule has 4 aromatic carbocycles. The molecule has 0 aliphatic carbocycles. The van der Waals surface area contributed by atoms with E-state index < -0.39 is 0 Å². The van der Waals surface area contributed by atoms with Crippen LogP contribution in [0.2, 0.25) is 0 Å². The summed E-state index contributed by atoms with van der Waals surface area (Å²) in [7, 11) is 0. The number of hydrogen-bond donors (Lipinski definition) is 0. The molecule has 0 heteroatoms. The molecule has 0 nitrogen and oxygen atoms in total. The van der Waals surface area contributed by atoms with Crippen molar-refractivity contribution in [3.05, 3.63) is 71.8 Å². The van der Waals surface area contributed by atoms with E-state index in [2.05, 4.69) is 74.5 Å². The number of benzene rings is 4. The van der Waals surface area contributed by atoms with Crippen molar-refractivity contribution in [3.63, 3.8) is 0 Å². The van der Waals surface area contributed by atoms with Crippen LogP contribution < -0.4 is 0 Å². The average Bonchev–Trinajstić information content (AvgIpc) is 2.99. The zero-order valence-corrected chi connectivity index (χ0v) is 25.9. The van der Waals surface area contributed by atoms with E-state index in [1.54, 1.807) is 0 Å². The van der Waals surface area contributed by atoms with Gasteiger partial charge in [0.2, 0.25) is 0 Å². The van der Waals surface area contributed by atoms with Gasteiger partial charge in [-0.15, -0.1) is 0 Å². The molecule has 0 bridgehead atoms. The van der Waals surface area contributed by atoms with E-state index >= 15 is 0 Å². The molecular formula is C40H56. The first-order valence-electron chi connectivity index (χ1n) is 17.2. The first-order valence-corrected chi connectivity index (χ1v) is 17.2. The van der Waals surface area contributed by atoms with Crippen LogP contribution in [0.5, 0.6) is 0 Å². The summed E-state index contributed by atoms with van der Waals surface area (Å²) >= 11 is 0. The van der Waals surface area contributed by atoms with Crippen LogP contribution in [0.25, 0.3) is 32.3 Å². The van der Waals surface area contributed by atoms with Gasteiger partial charge in [0.1, 0.15) is 0 Å². The van der Waals surface area contributed by atoms with Crippen LogP contribution in [0.1, 0.15) is 141 Å². The summed E-state index contributed by atoms with van der Waals surface area (Å²) in [5, 5.41) is 8.43. The third-order valence-electron chi connectivity index (χ3n) is 9.10. The zero-order valence-electron chi connectivity index (χ0n) is 25.9. The molecule has 0 fully saturated rings. The Kier molecular flexibility index (Phi) is 13.4. The van der Waals surface area contributed by atoms with E-state index in [0.29, 0.717) is 0 Å². The maximum atomic E-state index is 2.49. The molecule has 0 saturated heterocycles. The monoisotopic (exact) mass is 536 g/mol. The molecule has 0 aromatic heterocycles. The summed E-state index contributed by atoms with van der Waals surface area (Å²) in [6, 6.07) is 23.8. The number of hydrogen-bond acceptors (Lipinski definition) is 0. The van der Waals surface area contributed by atoms with Gasteiger partial charge in [0.05, 0.1) is 0 Å². The fourth-order valence-electron chi connectivity index (χ4n) is 6.55. The van der Waals surface area contributed by atoms with Gasteiger partial charge in [0, 0.05) is 0 Å². The van der Waals surface area contributed by atoms with E-state index in [0.717, 1.165) is 0 Å². The molecule has 0 heterocycles. The average molecular weight is 537 g/mol. The van der Waals surface area contributed by atoms with Crippen LogP contribution in [-0.2, 0) is 12.8 Å². The SMILES string of the molecule is CCCCCCCCCCCc1ccc2ccc3c4cc(CCCCCCCCCCC)ccc4ccc3c2c1. The molecule has 40 heavy (non-hydrogen) atoms. The van der Waals surface area contributed by atoms with Crippen LogP contribution >= 0.6 is 0 Å². The van der Waals surface area contributed by atoms with Crippen LogP contribution in [-0.4, -0.2) is 0 Å². The molecule has 216 valence electrons. The highest BCUT2D eigenvalue weighted by molar-refractivity contribution is 6.17. The largest absolute Gasteiger partial charge is 0.0654 e. The van der Waals surface area contributed by atoms with Gasteiger partial charge in [-0.25, -0.2) is 0 Å². The van der Waals surface area contributed by atoms with Crippen molar-refractivity contribution in [2.24, 2.45) is 0 Å². The lowest BCUT2D eigenvalue weighted by Crippen LogP contribution is -1.89. The summed E-state index contributed by atoms with van der Waals surface area (Å²) in [5.74, 6) is 0. The van der Waals surface area contributed by atoms with E-state index in [-0.39, 0.29) is 0 Å². The van der Waals surface area contributed by atoms with Crippen molar-refractivity contribution in [1.82, 2.24) is 0 Å². The van der Waals surface area contributed by atoms with Crippen molar-refractivity contribution in [2.45, 2.75) is 142 Å². The van der Waals surface area contributed by atoms with E-state index in [9.17, 15) is 0 Å². The molecular weight excluding hydrogens is 480 g/mol. The smallest absolute Gasteiger partial charge is 0.00989 e. The second-order valence-electron chi connectivity index (χ2n) is 12.5. The quantitative estimate of drug-likeness (QED) is 0.0778. The summed E-state index contributed by atoms with van der Waals surface area (Å²) in [4.78, 5) is 0. The first kappa shape index (κ1) is 30.6. The van der Waals surface area contributed by atoms with Crippen LogP contribution in [0.4, 0.5) is 0 Å². The van der Waals surface area contributed by atoms with Crippen LogP contribution in [0.15, 0.2) is 60.7 Å². The minimum atomic E-state index is 1.21. The molecule has 0 spiro atoms. The van der Waals surface area contributed by atoms with Crippen LogP contribution in [0, 0.1) is 0 Å². The number of aryl methyl sites for hydroxylation is 2. The van der Waals surface area contributed by atoms with Crippen LogP contribution in [0.3, 0.4) is 0 Å². The van der Waals surface area contributed by atoms with Gasteiger partial charge in [0.15, 0.2) is 0 Å². The number of rotatable bonds is 20. The topological polar surface area (TPSA) is 0 Å². The van der Waals surface area contributed by atoms with Gasteiger partial charge in [-0.1, -0.05) is 177 Å². The molecule has 0 amide bonds. The second-order valence-corrected chi connectivity index (χ2v) is 12.5. The molecule has 0 unspecified atom stereocenters. The lowest BCUT2D eigenvalue weighted by molar-refractivity contribution is 0.565. The second kappa shape index (κ2) is 17.5. The Morgan fingerprint density at radius 1 is 0.325 bits per heavy atom. The van der Waals surface area contributed by atoms with Gasteiger partial charge in [0.25, 0.3) is 0 Å². The molecule has 4 aromatic rings. The van der Waals surface area contributed by atoms with Crippen molar-refractivity contribution in [1.29, 1.82) is 0 Å². The van der Waals surface area contributed by atoms with Crippen molar-refractivity contribution >= 4 is 32.3 Å². The summed E-state index contributed by atoms with van der Waals surface area (Å²) in [6.07, 6.45) is 27.5. The zero-order chi connectivity index (χ0) is 27.8. The Bertz CT molecular complexity index is 1180. The summed E-state index contributed by atoms with van der Waals surface area (Å²) < 4.78 is 0. The summed E-state index contributed by atoms with van der Waals surface area (Å²) in [6.45, 7) is 4.60. The van der Waals surface area contributed by atoms with E-state index in [1.807, 2.05) is 0 Å². The predicted molar refractivity (Wildman–Crippen MR) is 181 cm³/mol. The molecule has 0 aliphatic rings. The fourth-order valence-corrected chi connectivity index (χ4v) is 6.55. The first-order chi connectivity index (χ1) is 19.8. The highest BCUT2D eigenvalue weighted by Crippen LogP contribution is 2.33. The van der Waals surface area contributed by atoms with Gasteiger partial charge >= 0.3 is 0 Å². The highest BCUT2D eigenvalue weighted by Gasteiger charge is 2.07. The molecule has 0 saturated carbocycles. The molecule has 0 aliphatic heterocycles. The Morgan fingerprint density at radius 2 is 0.650 bits per heavy atom. The molecule has 0 atom stereocenters. The Hall–Kier alpha value is -2.34. The van der Waals surface area contributed by atoms with Gasteiger partial charge in [-0.05, 0) is 69.1 Å². The molecule has 0 N–H and O–H groups in total. The van der Waals surface area contributed by atoms with Gasteiger partial charge < -0.3 is 0 Å². The molecule has 4 rings (SSSR count). The number of fused-ring (bicyclic) bond motifs is 5. The van der Waals surface area contributed by atoms with Crippen molar-refractivity contribution < 1.29 is 0 Å². The molecule has 0 radical (unpaired) electrons. The van der Waals surface area contributed by atoms with E-state index in [4.69, 9.17) is 0 Å². The Morgan fingerprint density at radius 3 is 1.02 bits per heavy atom. The summed E-state index contributed by atoms with van der Waals surface area (Å²) in [5.41, 5.74) is 3.00. The van der Waals surface area contributed by atoms with Gasteiger partial charge in [-0.3, -0.25) is 0 Å². The minimum absolute atomic E-state index is 1.21. The predicted octanol–water partition coefficient (Wildman–Crippen LogP) is 13.3. The Balaban J connectivity index is 1.33. The third-order valence-corrected chi connectivity index (χ3v) is 9.10. The maximum absolute atomic E-state index is 2.49. The normalized spacial score (nSPS) is 11.8. The Labute approximate surface area is 246 Å². The number of unbranched alkanes of at least 4 members (excludes halogenated alkanes) is 16.